The fraction of sp³-hybridized carbons (Fsp3) is 0.556. The van der Waals surface area contributed by atoms with Crippen molar-refractivity contribution in [2.75, 3.05) is 19.3 Å². The number of aromatic hydroxyl groups is 1. The van der Waals surface area contributed by atoms with Crippen LogP contribution in [0.1, 0.15) is 36.5 Å². The van der Waals surface area contributed by atoms with Gasteiger partial charge < -0.3 is 19.7 Å². The van der Waals surface area contributed by atoms with Gasteiger partial charge in [0.1, 0.15) is 6.54 Å². The highest BCUT2D eigenvalue weighted by molar-refractivity contribution is 7.97. The van der Waals surface area contributed by atoms with E-state index in [-0.39, 0.29) is 18.2 Å². The molecule has 0 bridgehead atoms. The molecule has 0 radical (unpaired) electrons. The molecule has 2 N–H and O–H groups in total. The zero-order chi connectivity index (χ0) is 20.6. The van der Waals surface area contributed by atoms with E-state index in [1.54, 1.807) is 11.1 Å². The molecule has 9 nitrogen and oxygen atoms in total. The smallest absolute Gasteiger partial charge is 0.358 e. The Morgan fingerprint density at radius 3 is 2.50 bits per heavy atom. The maximum Gasteiger partial charge on any atom is 0.358 e. The van der Waals surface area contributed by atoms with E-state index >= 15 is 0 Å². The number of carboxylic acid groups (broad SMARTS) is 1. The van der Waals surface area contributed by atoms with E-state index in [0.29, 0.717) is 36.4 Å². The first-order chi connectivity index (χ1) is 13.2. The summed E-state index contributed by atoms with van der Waals surface area (Å²) < 4.78 is 2.66. The maximum absolute atomic E-state index is 12.9. The van der Waals surface area contributed by atoms with Crippen LogP contribution in [0.25, 0.3) is 5.78 Å². The lowest BCUT2D eigenvalue weighted by Crippen LogP contribution is -2.44. The maximum atomic E-state index is 12.9. The predicted molar refractivity (Wildman–Crippen MR) is 105 cm³/mol. The summed E-state index contributed by atoms with van der Waals surface area (Å²) in [6, 6.07) is 0. The minimum Gasteiger partial charge on any atom is -0.501 e. The Morgan fingerprint density at radius 1 is 1.29 bits per heavy atom. The van der Waals surface area contributed by atoms with Crippen LogP contribution in [0.5, 0.6) is 5.75 Å². The fourth-order valence-electron chi connectivity index (χ4n) is 3.88. The fourth-order valence-corrected chi connectivity index (χ4v) is 4.37. The Hall–Kier alpha value is -2.49. The van der Waals surface area contributed by atoms with Crippen molar-refractivity contribution in [1.82, 2.24) is 18.9 Å². The monoisotopic (exact) mass is 408 g/mol. The molecule has 1 fully saturated rings. The Labute approximate surface area is 166 Å². The lowest BCUT2D eigenvalue weighted by atomic mass is 9.92. The van der Waals surface area contributed by atoms with Crippen molar-refractivity contribution < 1.29 is 19.8 Å². The summed E-state index contributed by atoms with van der Waals surface area (Å²) >= 11 is 1.46. The number of likely N-dealkylation sites (tertiary alicyclic amines) is 1. The molecular weight excluding hydrogens is 384 g/mol. The van der Waals surface area contributed by atoms with Crippen LogP contribution in [-0.4, -0.2) is 60.3 Å². The molecule has 28 heavy (non-hydrogen) atoms. The van der Waals surface area contributed by atoms with Crippen LogP contribution in [0.4, 0.5) is 0 Å². The largest absolute Gasteiger partial charge is 0.501 e. The summed E-state index contributed by atoms with van der Waals surface area (Å²) in [6.45, 7) is 5.53. The first-order valence-corrected chi connectivity index (χ1v) is 10.5. The predicted octanol–water partition coefficient (Wildman–Crippen LogP) is 1.27. The van der Waals surface area contributed by atoms with Crippen molar-refractivity contribution in [2.24, 2.45) is 11.8 Å². The number of carbonyl (C=O) groups is 2. The number of rotatable bonds is 5. The van der Waals surface area contributed by atoms with E-state index in [1.165, 1.54) is 20.7 Å². The summed E-state index contributed by atoms with van der Waals surface area (Å²) in [6.07, 6.45) is 4.56. The summed E-state index contributed by atoms with van der Waals surface area (Å²) in [5.74, 6) is -1.20. The van der Waals surface area contributed by atoms with Crippen LogP contribution in [0.2, 0.25) is 0 Å². The van der Waals surface area contributed by atoms with Crippen molar-refractivity contribution in [1.29, 1.82) is 0 Å². The van der Waals surface area contributed by atoms with Crippen molar-refractivity contribution >= 4 is 29.4 Å². The van der Waals surface area contributed by atoms with Crippen LogP contribution in [-0.2, 0) is 17.1 Å². The number of fused-ring (bicyclic) bond motifs is 1. The van der Waals surface area contributed by atoms with Gasteiger partial charge in [-0.3, -0.25) is 9.59 Å². The van der Waals surface area contributed by atoms with Gasteiger partial charge in [0.25, 0.3) is 0 Å². The molecule has 1 amide bonds. The highest BCUT2D eigenvalue weighted by Crippen LogP contribution is 2.22. The quantitative estimate of drug-likeness (QED) is 0.765. The number of amides is 1. The number of aromatic nitrogens is 3. The van der Waals surface area contributed by atoms with Gasteiger partial charge >= 0.3 is 11.5 Å². The summed E-state index contributed by atoms with van der Waals surface area (Å²) in [4.78, 5) is 42.5. The van der Waals surface area contributed by atoms with E-state index in [1.807, 2.05) is 6.26 Å². The average Bonchev–Trinajstić information content (AvgIpc) is 2.94. The molecule has 1 aliphatic heterocycles. The third-order valence-electron chi connectivity index (χ3n) is 4.91. The molecule has 2 aromatic heterocycles. The molecule has 10 heteroatoms. The van der Waals surface area contributed by atoms with Gasteiger partial charge in [-0.15, -0.1) is 0 Å². The highest BCUT2D eigenvalue weighted by atomic mass is 32.2. The molecule has 0 aromatic carbocycles. The number of aromatic carboxylic acids is 1. The second-order valence-electron chi connectivity index (χ2n) is 7.48. The number of hydrogen-bond acceptors (Lipinski definition) is 6. The van der Waals surface area contributed by atoms with Crippen molar-refractivity contribution in [3.63, 3.8) is 0 Å². The Kier molecular flexibility index (Phi) is 5.69. The number of carbonyl (C=O) groups excluding carboxylic acids is 1. The van der Waals surface area contributed by atoms with Crippen LogP contribution < -0.4 is 5.56 Å². The van der Waals surface area contributed by atoms with Crippen molar-refractivity contribution in [3.05, 3.63) is 27.9 Å². The summed E-state index contributed by atoms with van der Waals surface area (Å²) in [7, 11) is 0. The highest BCUT2D eigenvalue weighted by Gasteiger charge is 2.27. The van der Waals surface area contributed by atoms with Crippen LogP contribution in [0, 0.1) is 11.8 Å². The number of nitrogens with zero attached hydrogens (tertiary/aromatic N) is 4. The zero-order valence-electron chi connectivity index (χ0n) is 16.1. The summed E-state index contributed by atoms with van der Waals surface area (Å²) in [5.41, 5.74) is -1.02. The lowest BCUT2D eigenvalue weighted by molar-refractivity contribution is -0.134. The number of piperidine rings is 1. The van der Waals surface area contributed by atoms with Gasteiger partial charge in [0, 0.05) is 25.0 Å². The Morgan fingerprint density at radius 2 is 1.93 bits per heavy atom. The molecule has 1 aliphatic rings. The van der Waals surface area contributed by atoms with Gasteiger partial charge in [0.2, 0.25) is 17.4 Å². The van der Waals surface area contributed by atoms with Gasteiger partial charge in [0.05, 0.1) is 5.69 Å². The van der Waals surface area contributed by atoms with E-state index in [4.69, 9.17) is 0 Å². The zero-order valence-corrected chi connectivity index (χ0v) is 16.9. The first kappa shape index (κ1) is 20.2. The third kappa shape index (κ3) is 3.73. The molecule has 3 heterocycles. The molecule has 152 valence electrons. The van der Waals surface area contributed by atoms with Gasteiger partial charge in [-0.1, -0.05) is 13.8 Å². The second kappa shape index (κ2) is 7.86. The topological polar surface area (TPSA) is 117 Å². The normalized spacial score (nSPS) is 19.9. The molecule has 1 saturated heterocycles. The molecule has 0 saturated carbocycles. The van der Waals surface area contributed by atoms with Gasteiger partial charge in [-0.05, 0) is 24.5 Å². The van der Waals surface area contributed by atoms with Gasteiger partial charge in [0.15, 0.2) is 5.69 Å². The number of carboxylic acids is 1. The van der Waals surface area contributed by atoms with Gasteiger partial charge in [-0.25, -0.2) is 14.2 Å². The van der Waals surface area contributed by atoms with Crippen LogP contribution in [0.3, 0.4) is 0 Å². The lowest BCUT2D eigenvalue weighted by Gasteiger charge is -2.35. The minimum atomic E-state index is -1.50. The standard InChI is InChI=1S/C18H24N4O5S/c1-10-4-11(2)6-20(5-10)13(23)8-21-7-12(9-28-3)22-16(25)15(24)14(17(26)27)19-18(21)22/h7,10-11,24H,4-6,8-9H2,1-3H3,(H,26,27). The van der Waals surface area contributed by atoms with E-state index in [9.17, 15) is 24.6 Å². The van der Waals surface area contributed by atoms with Crippen LogP contribution in [0.15, 0.2) is 11.0 Å². The second-order valence-corrected chi connectivity index (χ2v) is 8.35. The van der Waals surface area contributed by atoms with Crippen molar-refractivity contribution in [2.45, 2.75) is 32.6 Å². The minimum absolute atomic E-state index is 0.0377. The number of thioether (sulfide) groups is 1. The van der Waals surface area contributed by atoms with E-state index in [2.05, 4.69) is 18.8 Å². The average molecular weight is 408 g/mol. The number of imidazole rings is 1. The molecule has 2 atom stereocenters. The van der Waals surface area contributed by atoms with Crippen molar-refractivity contribution in [3.8, 4) is 5.75 Å². The third-order valence-corrected chi connectivity index (χ3v) is 5.50. The van der Waals surface area contributed by atoms with E-state index in [0.717, 1.165) is 6.42 Å². The molecule has 3 rings (SSSR count). The number of hydrogen-bond donors (Lipinski definition) is 2. The molecule has 2 unspecified atom stereocenters. The molecule has 2 aromatic rings. The molecule has 0 spiro atoms. The Balaban J connectivity index is 2.04. The van der Waals surface area contributed by atoms with E-state index < -0.39 is 23.0 Å². The SMILES string of the molecule is CSCc1cn(CC(=O)N2CC(C)CC(C)C2)c2nc(C(=O)O)c(O)c(=O)n12. The molecule has 0 aliphatic carbocycles. The Bertz CT molecular complexity index is 972. The van der Waals surface area contributed by atoms with Gasteiger partial charge in [-0.2, -0.15) is 11.8 Å². The summed E-state index contributed by atoms with van der Waals surface area (Å²) in [5, 5.41) is 19.2. The first-order valence-electron chi connectivity index (χ1n) is 9.06. The molecular formula is C18H24N4O5S. The van der Waals surface area contributed by atoms with Crippen LogP contribution >= 0.6 is 11.8 Å².